The number of aryl methyl sites for hydroxylation is 1. The maximum Gasteiger partial charge on any atom is 0.226 e. The Morgan fingerprint density at radius 1 is 1.32 bits per heavy atom. The van der Waals surface area contributed by atoms with Gasteiger partial charge in [0, 0.05) is 43.2 Å². The van der Waals surface area contributed by atoms with Crippen molar-refractivity contribution < 1.29 is 4.74 Å². The van der Waals surface area contributed by atoms with Crippen LogP contribution < -0.4 is 10.1 Å². The molecule has 2 aliphatic rings. The van der Waals surface area contributed by atoms with Gasteiger partial charge in [0.2, 0.25) is 5.88 Å². The predicted octanol–water partition coefficient (Wildman–Crippen LogP) is 1.80. The van der Waals surface area contributed by atoms with Crippen LogP contribution in [-0.4, -0.2) is 32.9 Å². The molecule has 1 atom stereocenters. The van der Waals surface area contributed by atoms with Gasteiger partial charge in [0.15, 0.2) is 0 Å². The SMILES string of the molecule is COc1ncnc(C2CC2)c1-c1nn(C)c2c1CNC(C)C2. The van der Waals surface area contributed by atoms with E-state index in [1.165, 1.54) is 24.1 Å². The fourth-order valence-corrected chi connectivity index (χ4v) is 3.31. The number of fused-ring (bicyclic) bond motifs is 1. The predicted molar refractivity (Wildman–Crippen MR) is 82.8 cm³/mol. The lowest BCUT2D eigenvalue weighted by Gasteiger charge is -2.21. The summed E-state index contributed by atoms with van der Waals surface area (Å²) < 4.78 is 7.52. The third-order valence-corrected chi connectivity index (χ3v) is 4.64. The standard InChI is InChI=1S/C16H21N5O/c1-9-6-12-11(7-17-9)15(20-21(12)2)13-14(10-4-5-10)18-8-19-16(13)22-3/h8-10,17H,4-7H2,1-3H3. The summed E-state index contributed by atoms with van der Waals surface area (Å²) in [5.74, 6) is 1.16. The Hall–Kier alpha value is -1.95. The van der Waals surface area contributed by atoms with Gasteiger partial charge in [-0.25, -0.2) is 9.97 Å². The lowest BCUT2D eigenvalue weighted by molar-refractivity contribution is 0.397. The van der Waals surface area contributed by atoms with E-state index in [4.69, 9.17) is 9.84 Å². The van der Waals surface area contributed by atoms with Gasteiger partial charge in [0.1, 0.15) is 12.0 Å². The zero-order chi connectivity index (χ0) is 15.3. The van der Waals surface area contributed by atoms with Crippen LogP contribution in [0.3, 0.4) is 0 Å². The highest BCUT2D eigenvalue weighted by atomic mass is 16.5. The minimum Gasteiger partial charge on any atom is -0.480 e. The molecule has 4 rings (SSSR count). The second kappa shape index (κ2) is 5.05. The topological polar surface area (TPSA) is 64.9 Å². The number of hydrogen-bond donors (Lipinski definition) is 1. The summed E-state index contributed by atoms with van der Waals surface area (Å²) in [4.78, 5) is 8.85. The van der Waals surface area contributed by atoms with Crippen molar-refractivity contribution in [2.24, 2.45) is 7.05 Å². The first-order chi connectivity index (χ1) is 10.7. The van der Waals surface area contributed by atoms with E-state index in [9.17, 15) is 0 Å². The molecule has 0 bridgehead atoms. The quantitative estimate of drug-likeness (QED) is 0.936. The van der Waals surface area contributed by atoms with Crippen LogP contribution in [0.15, 0.2) is 6.33 Å². The molecule has 1 saturated carbocycles. The zero-order valence-electron chi connectivity index (χ0n) is 13.3. The van der Waals surface area contributed by atoms with E-state index < -0.39 is 0 Å². The molecule has 1 aliphatic heterocycles. The van der Waals surface area contributed by atoms with Gasteiger partial charge in [0.25, 0.3) is 0 Å². The van der Waals surface area contributed by atoms with Crippen LogP contribution in [0.1, 0.15) is 42.6 Å². The lowest BCUT2D eigenvalue weighted by atomic mass is 9.97. The smallest absolute Gasteiger partial charge is 0.226 e. The average molecular weight is 299 g/mol. The minimum atomic E-state index is 0.479. The first-order valence-corrected chi connectivity index (χ1v) is 7.86. The first-order valence-electron chi connectivity index (χ1n) is 7.86. The van der Waals surface area contributed by atoms with Crippen molar-refractivity contribution in [2.75, 3.05) is 7.11 Å². The molecule has 6 nitrogen and oxygen atoms in total. The Bertz CT molecular complexity index is 720. The molecule has 1 N–H and O–H groups in total. The average Bonchev–Trinajstić information content (AvgIpc) is 3.32. The Morgan fingerprint density at radius 2 is 2.14 bits per heavy atom. The molecule has 22 heavy (non-hydrogen) atoms. The van der Waals surface area contributed by atoms with E-state index in [-0.39, 0.29) is 0 Å². The highest BCUT2D eigenvalue weighted by Crippen LogP contribution is 2.46. The van der Waals surface area contributed by atoms with Crippen LogP contribution in [0.2, 0.25) is 0 Å². The molecule has 0 radical (unpaired) electrons. The van der Waals surface area contributed by atoms with Gasteiger partial charge in [-0.3, -0.25) is 4.68 Å². The van der Waals surface area contributed by atoms with Gasteiger partial charge in [-0.2, -0.15) is 5.10 Å². The fourth-order valence-electron chi connectivity index (χ4n) is 3.31. The van der Waals surface area contributed by atoms with Crippen molar-refractivity contribution in [2.45, 2.75) is 44.7 Å². The number of rotatable bonds is 3. The molecule has 0 amide bonds. The summed E-state index contributed by atoms with van der Waals surface area (Å²) in [6.45, 7) is 3.04. The molecule has 1 fully saturated rings. The first kappa shape index (κ1) is 13.7. The Morgan fingerprint density at radius 3 is 2.86 bits per heavy atom. The number of methoxy groups -OCH3 is 1. The van der Waals surface area contributed by atoms with E-state index in [0.29, 0.717) is 17.8 Å². The number of nitrogens with zero attached hydrogens (tertiary/aromatic N) is 4. The van der Waals surface area contributed by atoms with Gasteiger partial charge < -0.3 is 10.1 Å². The van der Waals surface area contributed by atoms with Crippen molar-refractivity contribution in [3.63, 3.8) is 0 Å². The normalized spacial score (nSPS) is 20.8. The van der Waals surface area contributed by atoms with Gasteiger partial charge in [0.05, 0.1) is 18.4 Å². The molecule has 6 heteroatoms. The van der Waals surface area contributed by atoms with Gasteiger partial charge in [-0.1, -0.05) is 0 Å². The van der Waals surface area contributed by atoms with Gasteiger partial charge >= 0.3 is 0 Å². The third kappa shape index (κ3) is 2.09. The highest BCUT2D eigenvalue weighted by molar-refractivity contribution is 5.72. The molecule has 1 aliphatic carbocycles. The maximum atomic E-state index is 5.52. The Kier molecular flexibility index (Phi) is 3.14. The minimum absolute atomic E-state index is 0.479. The number of ether oxygens (including phenoxy) is 1. The van der Waals surface area contributed by atoms with Crippen molar-refractivity contribution in [3.05, 3.63) is 23.3 Å². The summed E-state index contributed by atoms with van der Waals surface area (Å²) in [6, 6.07) is 0.479. The molecular weight excluding hydrogens is 278 g/mol. The van der Waals surface area contributed by atoms with E-state index in [2.05, 4.69) is 22.2 Å². The van der Waals surface area contributed by atoms with Crippen LogP contribution in [0.25, 0.3) is 11.3 Å². The summed E-state index contributed by atoms with van der Waals surface area (Å²) >= 11 is 0. The zero-order valence-corrected chi connectivity index (χ0v) is 13.3. The molecule has 2 aromatic rings. The van der Waals surface area contributed by atoms with E-state index in [1.54, 1.807) is 13.4 Å². The molecule has 2 aromatic heterocycles. The summed E-state index contributed by atoms with van der Waals surface area (Å²) in [5.41, 5.74) is 5.62. The maximum absolute atomic E-state index is 5.52. The van der Waals surface area contributed by atoms with Crippen LogP contribution in [0.4, 0.5) is 0 Å². The molecule has 116 valence electrons. The monoisotopic (exact) mass is 299 g/mol. The molecule has 3 heterocycles. The summed E-state index contributed by atoms with van der Waals surface area (Å²) in [7, 11) is 3.69. The van der Waals surface area contributed by atoms with Crippen LogP contribution in [0, 0.1) is 0 Å². The molecule has 0 aromatic carbocycles. The fraction of sp³-hybridized carbons (Fsp3) is 0.562. The van der Waals surface area contributed by atoms with Gasteiger partial charge in [-0.05, 0) is 19.8 Å². The van der Waals surface area contributed by atoms with Crippen LogP contribution in [-0.2, 0) is 20.0 Å². The van der Waals surface area contributed by atoms with Crippen molar-refractivity contribution in [1.82, 2.24) is 25.1 Å². The second-order valence-electron chi connectivity index (χ2n) is 6.30. The number of hydrogen-bond acceptors (Lipinski definition) is 5. The molecule has 0 spiro atoms. The summed E-state index contributed by atoms with van der Waals surface area (Å²) in [5, 5.41) is 8.32. The number of aromatic nitrogens is 4. The van der Waals surface area contributed by atoms with Crippen molar-refractivity contribution in [1.29, 1.82) is 0 Å². The Labute approximate surface area is 129 Å². The van der Waals surface area contributed by atoms with Gasteiger partial charge in [-0.15, -0.1) is 0 Å². The van der Waals surface area contributed by atoms with E-state index in [1.807, 2.05) is 11.7 Å². The lowest BCUT2D eigenvalue weighted by Crippen LogP contribution is -2.33. The van der Waals surface area contributed by atoms with E-state index >= 15 is 0 Å². The molecular formula is C16H21N5O. The van der Waals surface area contributed by atoms with E-state index in [0.717, 1.165) is 29.9 Å². The van der Waals surface area contributed by atoms with Crippen molar-refractivity contribution in [3.8, 4) is 17.1 Å². The Balaban J connectivity index is 1.91. The van der Waals surface area contributed by atoms with Crippen molar-refractivity contribution >= 4 is 0 Å². The highest BCUT2D eigenvalue weighted by Gasteiger charge is 2.33. The number of nitrogens with one attached hydrogen (secondary N) is 1. The molecule has 0 saturated heterocycles. The van der Waals surface area contributed by atoms with Crippen LogP contribution >= 0.6 is 0 Å². The third-order valence-electron chi connectivity index (χ3n) is 4.64. The second-order valence-corrected chi connectivity index (χ2v) is 6.30. The molecule has 1 unspecified atom stereocenters. The largest absolute Gasteiger partial charge is 0.480 e. The summed E-state index contributed by atoms with van der Waals surface area (Å²) in [6.07, 6.45) is 4.98. The van der Waals surface area contributed by atoms with Crippen LogP contribution in [0.5, 0.6) is 5.88 Å².